The molecule has 9 heteroatoms. The molecule has 2 heterocycles. The predicted octanol–water partition coefficient (Wildman–Crippen LogP) is 6.97. The standard InChI is InChI=1S/C27H19ClF2N6/c1-14-23(28)6-5-21(18-7-19(29)10-20(30)8-18)24(14)16-3-4-17(11-31)22(9-16)15(2)36-27-25-26(33-12-32-25)34-13-35-27/h3-10,12-13,15H,1-2H3,(H2,32,33,34,35,36). The molecule has 0 radical (unpaired) electrons. The summed E-state index contributed by atoms with van der Waals surface area (Å²) in [6, 6.07) is 14.2. The fourth-order valence-electron chi connectivity index (χ4n) is 4.34. The number of halogens is 3. The zero-order chi connectivity index (χ0) is 25.4. The van der Waals surface area contributed by atoms with Crippen LogP contribution < -0.4 is 5.32 Å². The first kappa shape index (κ1) is 23.4. The molecule has 1 atom stereocenters. The summed E-state index contributed by atoms with van der Waals surface area (Å²) >= 11 is 6.46. The lowest BCUT2D eigenvalue weighted by molar-refractivity contribution is 0.584. The summed E-state index contributed by atoms with van der Waals surface area (Å²) in [5.74, 6) is -0.814. The van der Waals surface area contributed by atoms with Crippen molar-refractivity contribution in [3.63, 3.8) is 0 Å². The minimum atomic E-state index is -0.670. The van der Waals surface area contributed by atoms with Gasteiger partial charge in [0.25, 0.3) is 0 Å². The van der Waals surface area contributed by atoms with Crippen molar-refractivity contribution in [2.75, 3.05) is 5.32 Å². The Morgan fingerprint density at radius 2 is 1.78 bits per heavy atom. The first-order valence-corrected chi connectivity index (χ1v) is 11.4. The Morgan fingerprint density at radius 3 is 2.53 bits per heavy atom. The zero-order valence-electron chi connectivity index (χ0n) is 19.3. The molecule has 5 rings (SSSR count). The van der Waals surface area contributed by atoms with Gasteiger partial charge in [-0.2, -0.15) is 5.26 Å². The summed E-state index contributed by atoms with van der Waals surface area (Å²) in [5, 5.41) is 13.6. The molecule has 0 amide bonds. The van der Waals surface area contributed by atoms with Gasteiger partial charge in [0, 0.05) is 11.1 Å². The molecule has 178 valence electrons. The third-order valence-corrected chi connectivity index (χ3v) is 6.48. The molecule has 0 aliphatic rings. The largest absolute Gasteiger partial charge is 0.362 e. The molecule has 5 aromatic rings. The SMILES string of the molecule is Cc1c(Cl)ccc(-c2cc(F)cc(F)c2)c1-c1ccc(C#N)c(C(C)Nc2ncnc3[nH]cnc23)c1. The number of benzene rings is 3. The van der Waals surface area contributed by atoms with Gasteiger partial charge in [0.15, 0.2) is 11.5 Å². The normalized spacial score (nSPS) is 11.9. The summed E-state index contributed by atoms with van der Waals surface area (Å²) in [6.45, 7) is 3.76. The van der Waals surface area contributed by atoms with Crippen LogP contribution in [-0.4, -0.2) is 19.9 Å². The highest BCUT2D eigenvalue weighted by Gasteiger charge is 2.19. The Morgan fingerprint density at radius 1 is 1.00 bits per heavy atom. The molecule has 2 N–H and O–H groups in total. The fourth-order valence-corrected chi connectivity index (χ4v) is 4.50. The highest BCUT2D eigenvalue weighted by molar-refractivity contribution is 6.32. The van der Waals surface area contributed by atoms with Crippen molar-refractivity contribution in [1.82, 2.24) is 19.9 Å². The molecule has 0 bridgehead atoms. The second-order valence-corrected chi connectivity index (χ2v) is 8.76. The van der Waals surface area contributed by atoms with Crippen LogP contribution in [0.25, 0.3) is 33.4 Å². The first-order chi connectivity index (χ1) is 17.4. The highest BCUT2D eigenvalue weighted by atomic mass is 35.5. The van der Waals surface area contributed by atoms with E-state index in [4.69, 9.17) is 11.6 Å². The third-order valence-electron chi connectivity index (χ3n) is 6.07. The summed E-state index contributed by atoms with van der Waals surface area (Å²) in [6.07, 6.45) is 2.96. The van der Waals surface area contributed by atoms with Gasteiger partial charge in [-0.3, -0.25) is 0 Å². The van der Waals surface area contributed by atoms with Gasteiger partial charge in [-0.1, -0.05) is 23.7 Å². The quantitative estimate of drug-likeness (QED) is 0.272. The van der Waals surface area contributed by atoms with Gasteiger partial charge in [-0.15, -0.1) is 0 Å². The minimum absolute atomic E-state index is 0.330. The maximum absolute atomic E-state index is 14.1. The van der Waals surface area contributed by atoms with Gasteiger partial charge in [-0.25, -0.2) is 23.7 Å². The van der Waals surface area contributed by atoms with Crippen LogP contribution in [0.4, 0.5) is 14.6 Å². The van der Waals surface area contributed by atoms with E-state index in [-0.39, 0.29) is 6.04 Å². The fraction of sp³-hybridized carbons (Fsp3) is 0.111. The second kappa shape index (κ2) is 9.36. The van der Waals surface area contributed by atoms with E-state index in [1.165, 1.54) is 24.8 Å². The van der Waals surface area contributed by atoms with E-state index in [1.807, 2.05) is 26.0 Å². The molecule has 3 aromatic carbocycles. The molecule has 0 aliphatic carbocycles. The smallest absolute Gasteiger partial charge is 0.162 e. The van der Waals surface area contributed by atoms with Gasteiger partial charge >= 0.3 is 0 Å². The number of hydrogen-bond acceptors (Lipinski definition) is 5. The van der Waals surface area contributed by atoms with E-state index in [9.17, 15) is 14.0 Å². The number of nitrogens with one attached hydrogen (secondary N) is 2. The predicted molar refractivity (Wildman–Crippen MR) is 135 cm³/mol. The Bertz CT molecular complexity index is 1640. The van der Waals surface area contributed by atoms with E-state index in [1.54, 1.807) is 18.2 Å². The van der Waals surface area contributed by atoms with Crippen LogP contribution in [0.5, 0.6) is 0 Å². The van der Waals surface area contributed by atoms with Crippen molar-refractivity contribution in [3.8, 4) is 28.3 Å². The number of nitriles is 1. The lowest BCUT2D eigenvalue weighted by Crippen LogP contribution is -2.10. The minimum Gasteiger partial charge on any atom is -0.362 e. The maximum atomic E-state index is 14.1. The van der Waals surface area contributed by atoms with Gasteiger partial charge in [0.05, 0.1) is 24.0 Å². The van der Waals surface area contributed by atoms with E-state index in [0.29, 0.717) is 44.3 Å². The number of hydrogen-bond donors (Lipinski definition) is 2. The van der Waals surface area contributed by atoms with Crippen LogP contribution in [0.2, 0.25) is 5.02 Å². The molecule has 1 unspecified atom stereocenters. The lowest BCUT2D eigenvalue weighted by Gasteiger charge is -2.20. The maximum Gasteiger partial charge on any atom is 0.162 e. The van der Waals surface area contributed by atoms with E-state index in [2.05, 4.69) is 31.3 Å². The van der Waals surface area contributed by atoms with Crippen LogP contribution in [0.1, 0.15) is 29.7 Å². The number of rotatable bonds is 5. The molecule has 36 heavy (non-hydrogen) atoms. The highest BCUT2D eigenvalue weighted by Crippen LogP contribution is 2.40. The van der Waals surface area contributed by atoms with Gasteiger partial charge < -0.3 is 10.3 Å². The van der Waals surface area contributed by atoms with Crippen molar-refractivity contribution in [2.24, 2.45) is 0 Å². The molecule has 6 nitrogen and oxygen atoms in total. The molecule has 0 saturated heterocycles. The molecule has 0 saturated carbocycles. The Kier molecular flexibility index (Phi) is 6.08. The van der Waals surface area contributed by atoms with Crippen LogP contribution >= 0.6 is 11.6 Å². The molecular formula is C27H19ClF2N6. The first-order valence-electron chi connectivity index (χ1n) is 11.1. The van der Waals surface area contributed by atoms with E-state index < -0.39 is 11.6 Å². The number of imidazole rings is 1. The molecule has 0 fully saturated rings. The van der Waals surface area contributed by atoms with Crippen molar-refractivity contribution in [2.45, 2.75) is 19.9 Å². The Balaban J connectivity index is 1.63. The van der Waals surface area contributed by atoms with Crippen molar-refractivity contribution < 1.29 is 8.78 Å². The van der Waals surface area contributed by atoms with E-state index in [0.717, 1.165) is 22.8 Å². The number of aromatic nitrogens is 4. The number of anilines is 1. The molecular weight excluding hydrogens is 482 g/mol. The van der Waals surface area contributed by atoms with Gasteiger partial charge in [-0.05, 0) is 77.6 Å². The Labute approximate surface area is 210 Å². The summed E-state index contributed by atoms with van der Waals surface area (Å²) in [4.78, 5) is 15.7. The summed E-state index contributed by atoms with van der Waals surface area (Å²) in [7, 11) is 0. The van der Waals surface area contributed by atoms with Crippen molar-refractivity contribution in [1.29, 1.82) is 5.26 Å². The van der Waals surface area contributed by atoms with Crippen LogP contribution in [-0.2, 0) is 0 Å². The third kappa shape index (κ3) is 4.25. The average molecular weight is 501 g/mol. The van der Waals surface area contributed by atoms with Crippen molar-refractivity contribution in [3.05, 3.63) is 94.5 Å². The van der Waals surface area contributed by atoms with Gasteiger partial charge in [0.2, 0.25) is 0 Å². The average Bonchev–Trinajstić information content (AvgIpc) is 3.34. The number of fused-ring (bicyclic) bond motifs is 1. The number of H-pyrrole nitrogens is 1. The number of aromatic amines is 1. The lowest BCUT2D eigenvalue weighted by atomic mass is 9.88. The summed E-state index contributed by atoms with van der Waals surface area (Å²) in [5.41, 5.74) is 5.62. The van der Waals surface area contributed by atoms with Crippen LogP contribution in [0, 0.1) is 29.9 Å². The summed E-state index contributed by atoms with van der Waals surface area (Å²) < 4.78 is 28.1. The Hall–Kier alpha value is -4.35. The van der Waals surface area contributed by atoms with E-state index >= 15 is 0 Å². The van der Waals surface area contributed by atoms with Crippen molar-refractivity contribution >= 4 is 28.6 Å². The monoisotopic (exact) mass is 500 g/mol. The van der Waals surface area contributed by atoms with Crippen LogP contribution in [0.3, 0.4) is 0 Å². The number of nitrogens with zero attached hydrogens (tertiary/aromatic N) is 4. The van der Waals surface area contributed by atoms with Crippen LogP contribution in [0.15, 0.2) is 61.2 Å². The molecule has 2 aromatic heterocycles. The molecule has 0 aliphatic heterocycles. The van der Waals surface area contributed by atoms with Gasteiger partial charge in [0.1, 0.15) is 23.5 Å². The zero-order valence-corrected chi connectivity index (χ0v) is 20.0. The topological polar surface area (TPSA) is 90.3 Å². The molecule has 0 spiro atoms. The second-order valence-electron chi connectivity index (χ2n) is 8.35.